The molecule has 0 radical (unpaired) electrons. The van der Waals surface area contributed by atoms with Crippen molar-refractivity contribution in [2.45, 2.75) is 65.3 Å². The van der Waals surface area contributed by atoms with Crippen molar-refractivity contribution in [2.24, 2.45) is 0 Å². The van der Waals surface area contributed by atoms with Crippen LogP contribution in [0, 0.1) is 0 Å². The lowest BCUT2D eigenvalue weighted by Gasteiger charge is -2.28. The van der Waals surface area contributed by atoms with Gasteiger partial charge >= 0.3 is 8.80 Å². The van der Waals surface area contributed by atoms with Crippen LogP contribution in [0.4, 0.5) is 17.8 Å². The molecule has 0 bridgehead atoms. The van der Waals surface area contributed by atoms with Crippen molar-refractivity contribution in [3.63, 3.8) is 0 Å². The van der Waals surface area contributed by atoms with E-state index in [2.05, 4.69) is 30.9 Å². The summed E-state index contributed by atoms with van der Waals surface area (Å²) in [6.45, 7) is 8.80. The fourth-order valence-electron chi connectivity index (χ4n) is 3.05. The molecule has 1 aromatic heterocycles. The summed E-state index contributed by atoms with van der Waals surface area (Å²) in [6, 6.07) is 0.908. The van der Waals surface area contributed by atoms with Crippen molar-refractivity contribution in [2.75, 3.05) is 56.4 Å². The lowest BCUT2D eigenvalue weighted by Crippen LogP contribution is -2.45. The Morgan fingerprint density at radius 1 is 0.655 bits per heavy atom. The van der Waals surface area contributed by atoms with Gasteiger partial charge in [0.2, 0.25) is 17.8 Å². The molecule has 0 spiro atoms. The molecule has 0 aromatic carbocycles. The molecule has 0 unspecified atom stereocenters. The van der Waals surface area contributed by atoms with Crippen LogP contribution < -0.4 is 16.0 Å². The van der Waals surface area contributed by atoms with E-state index in [0.29, 0.717) is 37.7 Å². The molecule has 0 saturated carbocycles. The highest BCUT2D eigenvalue weighted by molar-refractivity contribution is 6.60. The Hall–Kier alpha value is -1.49. The Kier molecular flexibility index (Phi) is 13.5. The second-order valence-corrected chi connectivity index (χ2v) is 9.32. The van der Waals surface area contributed by atoms with Gasteiger partial charge in [-0.15, -0.1) is 0 Å². The summed E-state index contributed by atoms with van der Waals surface area (Å²) in [5.41, 5.74) is 0. The van der Waals surface area contributed by atoms with Crippen LogP contribution in [0.25, 0.3) is 0 Å². The first-order valence-corrected chi connectivity index (χ1v) is 12.8. The Morgan fingerprint density at radius 3 is 1.59 bits per heavy atom. The van der Waals surface area contributed by atoms with Crippen LogP contribution in [0.15, 0.2) is 0 Å². The summed E-state index contributed by atoms with van der Waals surface area (Å²) in [5, 5.41) is 9.15. The van der Waals surface area contributed by atoms with Crippen LogP contribution >= 0.6 is 0 Å². The monoisotopic (exact) mass is 428 g/mol. The maximum atomic E-state index is 5.91. The van der Waals surface area contributed by atoms with Gasteiger partial charge < -0.3 is 29.2 Å². The average Bonchev–Trinajstić information content (AvgIpc) is 2.72. The van der Waals surface area contributed by atoms with Crippen LogP contribution in [-0.2, 0) is 13.3 Å². The fraction of sp³-hybridized carbons (Fsp3) is 0.842. The normalized spacial score (nSPS) is 11.5. The maximum absolute atomic E-state index is 5.91. The largest absolute Gasteiger partial charge is 0.500 e. The maximum Gasteiger partial charge on any atom is 0.500 e. The van der Waals surface area contributed by atoms with E-state index in [1.807, 2.05) is 20.8 Å². The lowest BCUT2D eigenvalue weighted by atomic mass is 10.1. The number of rotatable bonds is 18. The van der Waals surface area contributed by atoms with Crippen LogP contribution in [-0.4, -0.2) is 64.2 Å². The number of hydrogen-bond acceptors (Lipinski definition) is 9. The lowest BCUT2D eigenvalue weighted by molar-refractivity contribution is 0.0706. The predicted octanol–water partition coefficient (Wildman–Crippen LogP) is 3.76. The Bertz CT molecular complexity index is 513. The van der Waals surface area contributed by atoms with Crippen LogP contribution in [0.2, 0.25) is 6.04 Å². The summed E-state index contributed by atoms with van der Waals surface area (Å²) < 4.78 is 17.7. The molecule has 0 aliphatic rings. The molecule has 1 heterocycles. The number of nitrogens with zero attached hydrogens (tertiary/aromatic N) is 3. The molecule has 1 aromatic rings. The number of anilines is 3. The second-order valence-electron chi connectivity index (χ2n) is 6.59. The number of unbranched alkanes of at least 4 members (excludes halogenated alkanes) is 5. The van der Waals surface area contributed by atoms with E-state index in [9.17, 15) is 0 Å². The Labute approximate surface area is 177 Å². The fourth-order valence-corrected chi connectivity index (χ4v) is 5.74. The third kappa shape index (κ3) is 10.2. The minimum Gasteiger partial charge on any atom is -0.374 e. The van der Waals surface area contributed by atoms with Gasteiger partial charge in [-0.05, 0) is 33.6 Å². The van der Waals surface area contributed by atoms with Gasteiger partial charge in [-0.3, -0.25) is 0 Å². The molecule has 0 aliphatic carbocycles. The zero-order valence-corrected chi connectivity index (χ0v) is 19.8. The van der Waals surface area contributed by atoms with Gasteiger partial charge in [0.15, 0.2) is 0 Å². The molecule has 10 heteroatoms. The highest BCUT2D eigenvalue weighted by Crippen LogP contribution is 2.20. The molecule has 0 atom stereocenters. The van der Waals surface area contributed by atoms with E-state index in [4.69, 9.17) is 13.3 Å². The summed E-state index contributed by atoms with van der Waals surface area (Å²) >= 11 is 0. The summed E-state index contributed by atoms with van der Waals surface area (Å²) in [5.74, 6) is 1.70. The third-order valence-corrected chi connectivity index (χ3v) is 7.52. The van der Waals surface area contributed by atoms with Crippen molar-refractivity contribution in [3.8, 4) is 0 Å². The highest BCUT2D eigenvalue weighted by atomic mass is 28.4. The van der Waals surface area contributed by atoms with Gasteiger partial charge in [-0.1, -0.05) is 25.7 Å². The quantitative estimate of drug-likeness (QED) is 0.238. The molecular formula is C19H40N6O3Si. The van der Waals surface area contributed by atoms with E-state index < -0.39 is 8.80 Å². The van der Waals surface area contributed by atoms with Crippen molar-refractivity contribution in [3.05, 3.63) is 0 Å². The van der Waals surface area contributed by atoms with Gasteiger partial charge in [-0.2, -0.15) is 15.0 Å². The zero-order valence-electron chi connectivity index (χ0n) is 18.8. The van der Waals surface area contributed by atoms with E-state index in [-0.39, 0.29) is 0 Å². The highest BCUT2D eigenvalue weighted by Gasteiger charge is 2.39. The molecule has 0 fully saturated rings. The Balaban J connectivity index is 2.19. The van der Waals surface area contributed by atoms with Gasteiger partial charge in [0, 0.05) is 46.5 Å². The summed E-state index contributed by atoms with van der Waals surface area (Å²) in [6.07, 6.45) is 6.98. The van der Waals surface area contributed by atoms with Crippen molar-refractivity contribution >= 4 is 26.6 Å². The number of nitrogens with one attached hydrogen (secondary N) is 3. The first-order valence-electron chi connectivity index (χ1n) is 10.9. The predicted molar refractivity (Wildman–Crippen MR) is 121 cm³/mol. The summed E-state index contributed by atoms with van der Waals surface area (Å²) in [7, 11) is 1.12. The molecule has 0 aliphatic heterocycles. The van der Waals surface area contributed by atoms with E-state index in [0.717, 1.165) is 25.4 Å². The van der Waals surface area contributed by atoms with Crippen LogP contribution in [0.3, 0.4) is 0 Å². The molecule has 0 amide bonds. The van der Waals surface area contributed by atoms with Crippen molar-refractivity contribution < 1.29 is 13.3 Å². The van der Waals surface area contributed by atoms with Gasteiger partial charge in [0.05, 0.1) is 0 Å². The molecule has 9 nitrogen and oxygen atoms in total. The third-order valence-electron chi connectivity index (χ3n) is 4.37. The minimum absolute atomic E-state index is 0.553. The van der Waals surface area contributed by atoms with Gasteiger partial charge in [0.25, 0.3) is 0 Å². The summed E-state index contributed by atoms with van der Waals surface area (Å²) in [4.78, 5) is 12.8. The van der Waals surface area contributed by atoms with E-state index >= 15 is 0 Å². The molecule has 168 valence electrons. The zero-order chi connectivity index (χ0) is 21.4. The second kappa shape index (κ2) is 15.4. The molecular weight excluding hydrogens is 388 g/mol. The van der Waals surface area contributed by atoms with Gasteiger partial charge in [0.1, 0.15) is 0 Å². The number of hydrogen-bond donors (Lipinski definition) is 3. The molecule has 3 N–H and O–H groups in total. The average molecular weight is 429 g/mol. The van der Waals surface area contributed by atoms with E-state index in [1.165, 1.54) is 25.7 Å². The standard InChI is InChI=1S/C19H40N6O3Si/c1-6-26-29(27-7-2,28-8-3)16-14-12-10-9-11-13-15-22-19-24-17(20-4)23-18(21-5)25-19/h6-16H2,1-5H3,(H3,20,21,22,23,24,25). The molecule has 1 rings (SSSR count). The topological polar surface area (TPSA) is 102 Å². The van der Waals surface area contributed by atoms with Crippen molar-refractivity contribution in [1.82, 2.24) is 15.0 Å². The smallest absolute Gasteiger partial charge is 0.374 e. The first kappa shape index (κ1) is 25.5. The van der Waals surface area contributed by atoms with Crippen molar-refractivity contribution in [1.29, 1.82) is 0 Å². The van der Waals surface area contributed by atoms with E-state index in [1.54, 1.807) is 14.1 Å². The first-order chi connectivity index (χ1) is 14.1. The van der Waals surface area contributed by atoms with Crippen LogP contribution in [0.5, 0.6) is 0 Å². The minimum atomic E-state index is -2.47. The number of aromatic nitrogens is 3. The molecule has 29 heavy (non-hydrogen) atoms. The van der Waals surface area contributed by atoms with Crippen LogP contribution in [0.1, 0.15) is 59.3 Å². The van der Waals surface area contributed by atoms with Gasteiger partial charge in [-0.25, -0.2) is 0 Å². The Morgan fingerprint density at radius 2 is 1.10 bits per heavy atom. The SMILES string of the molecule is CCO[Si](CCCCCCCCNc1nc(NC)nc(NC)n1)(OCC)OCC. The molecule has 0 saturated heterocycles.